The molecule has 0 atom stereocenters. The summed E-state index contributed by atoms with van der Waals surface area (Å²) in [5, 5.41) is 2.87. The molecular formula is C27H30N6O5S. The lowest BCUT2D eigenvalue weighted by Crippen LogP contribution is -2.50. The lowest BCUT2D eigenvalue weighted by molar-refractivity contribution is 0.0240. The van der Waals surface area contributed by atoms with E-state index < -0.39 is 21.5 Å². The van der Waals surface area contributed by atoms with Crippen molar-refractivity contribution < 1.29 is 22.7 Å². The number of anilines is 3. The zero-order valence-corrected chi connectivity index (χ0v) is 22.8. The minimum atomic E-state index is -3.76. The molecule has 4 heterocycles. The van der Waals surface area contributed by atoms with Gasteiger partial charge in [-0.25, -0.2) is 22.5 Å². The van der Waals surface area contributed by atoms with Crippen LogP contribution in [0.1, 0.15) is 36.8 Å². The SMILES string of the molecule is CC(C)(C)OC(=O)N1CCN(c2ccncc2NC(=O)c2cccc(N3Cc4ccccc4S3(=O)=O)n2)CC1. The van der Waals surface area contributed by atoms with Gasteiger partial charge in [0.05, 0.1) is 29.0 Å². The summed E-state index contributed by atoms with van der Waals surface area (Å²) in [5.74, 6) is -0.323. The van der Waals surface area contributed by atoms with E-state index in [9.17, 15) is 18.0 Å². The fourth-order valence-electron chi connectivity index (χ4n) is 4.54. The zero-order chi connectivity index (χ0) is 27.8. The largest absolute Gasteiger partial charge is 0.444 e. The molecule has 1 saturated heterocycles. The normalized spacial score (nSPS) is 16.5. The van der Waals surface area contributed by atoms with Gasteiger partial charge in [0.1, 0.15) is 17.1 Å². The van der Waals surface area contributed by atoms with Crippen LogP contribution in [0.5, 0.6) is 0 Å². The van der Waals surface area contributed by atoms with Gasteiger partial charge in [0.25, 0.3) is 15.9 Å². The Morgan fingerprint density at radius 2 is 1.72 bits per heavy atom. The van der Waals surface area contributed by atoms with E-state index in [1.807, 2.05) is 20.8 Å². The zero-order valence-electron chi connectivity index (χ0n) is 22.0. The van der Waals surface area contributed by atoms with E-state index >= 15 is 0 Å². The molecule has 1 fully saturated rings. The summed E-state index contributed by atoms with van der Waals surface area (Å²) in [6.45, 7) is 7.70. The maximum Gasteiger partial charge on any atom is 0.410 e. The molecule has 2 aromatic heterocycles. The first-order valence-corrected chi connectivity index (χ1v) is 14.0. The Labute approximate surface area is 227 Å². The van der Waals surface area contributed by atoms with Gasteiger partial charge in [0, 0.05) is 32.4 Å². The predicted octanol–water partition coefficient (Wildman–Crippen LogP) is 3.49. The third-order valence-electron chi connectivity index (χ3n) is 6.40. The second kappa shape index (κ2) is 10.2. The number of benzene rings is 1. The van der Waals surface area contributed by atoms with E-state index in [0.717, 1.165) is 5.69 Å². The maximum atomic E-state index is 13.2. The number of aromatic nitrogens is 2. The minimum absolute atomic E-state index is 0.0724. The molecule has 2 aliphatic rings. The Hall–Kier alpha value is -4.19. The van der Waals surface area contributed by atoms with Crippen molar-refractivity contribution in [3.63, 3.8) is 0 Å². The highest BCUT2D eigenvalue weighted by molar-refractivity contribution is 7.93. The Balaban J connectivity index is 1.29. The van der Waals surface area contributed by atoms with Crippen molar-refractivity contribution in [2.24, 2.45) is 0 Å². The molecule has 2 amide bonds. The second-order valence-corrected chi connectivity index (χ2v) is 12.1. The van der Waals surface area contributed by atoms with E-state index in [1.165, 1.54) is 10.4 Å². The molecule has 0 radical (unpaired) electrons. The number of nitrogens with zero attached hydrogens (tertiary/aromatic N) is 5. The summed E-state index contributed by atoms with van der Waals surface area (Å²) in [6, 6.07) is 13.3. The first-order chi connectivity index (χ1) is 18.5. The van der Waals surface area contributed by atoms with Crippen LogP contribution in [-0.2, 0) is 21.3 Å². The molecule has 1 aromatic carbocycles. The Morgan fingerprint density at radius 3 is 2.44 bits per heavy atom. The van der Waals surface area contributed by atoms with Crippen molar-refractivity contribution in [2.75, 3.05) is 40.7 Å². The topological polar surface area (TPSA) is 125 Å². The summed E-state index contributed by atoms with van der Waals surface area (Å²) < 4.78 is 32.8. The van der Waals surface area contributed by atoms with E-state index in [2.05, 4.69) is 20.2 Å². The Bertz CT molecular complexity index is 1510. The average Bonchev–Trinajstić information content (AvgIpc) is 3.19. The molecule has 2 aliphatic heterocycles. The summed E-state index contributed by atoms with van der Waals surface area (Å²) >= 11 is 0. The fraction of sp³-hybridized carbons (Fsp3) is 0.333. The molecule has 12 heteroatoms. The number of piperazine rings is 1. The van der Waals surface area contributed by atoms with Gasteiger partial charge >= 0.3 is 6.09 Å². The summed E-state index contributed by atoms with van der Waals surface area (Å²) in [6.07, 6.45) is 2.85. The first-order valence-electron chi connectivity index (χ1n) is 12.6. The van der Waals surface area contributed by atoms with Gasteiger partial charge in [-0.15, -0.1) is 0 Å². The van der Waals surface area contributed by atoms with Crippen molar-refractivity contribution in [1.82, 2.24) is 14.9 Å². The number of hydrogen-bond acceptors (Lipinski definition) is 8. The summed E-state index contributed by atoms with van der Waals surface area (Å²) in [4.78, 5) is 38.1. The van der Waals surface area contributed by atoms with Crippen LogP contribution in [0.15, 0.2) is 65.8 Å². The molecule has 0 saturated carbocycles. The lowest BCUT2D eigenvalue weighted by atomic mass is 10.2. The number of pyridine rings is 2. The van der Waals surface area contributed by atoms with Crippen molar-refractivity contribution in [1.29, 1.82) is 0 Å². The highest BCUT2D eigenvalue weighted by Gasteiger charge is 2.35. The minimum Gasteiger partial charge on any atom is -0.444 e. The first kappa shape index (κ1) is 26.4. The number of carbonyl (C=O) groups excluding carboxylic acids is 2. The number of carbonyl (C=O) groups is 2. The van der Waals surface area contributed by atoms with Crippen molar-refractivity contribution in [3.05, 3.63) is 72.2 Å². The van der Waals surface area contributed by atoms with Crippen LogP contribution in [0.25, 0.3) is 0 Å². The van der Waals surface area contributed by atoms with Gasteiger partial charge in [0.2, 0.25) is 0 Å². The predicted molar refractivity (Wildman–Crippen MR) is 146 cm³/mol. The molecule has 39 heavy (non-hydrogen) atoms. The Kier molecular flexibility index (Phi) is 6.89. The lowest BCUT2D eigenvalue weighted by Gasteiger charge is -2.37. The fourth-order valence-corrected chi connectivity index (χ4v) is 6.15. The Morgan fingerprint density at radius 1 is 0.974 bits per heavy atom. The van der Waals surface area contributed by atoms with Crippen LogP contribution in [0.4, 0.5) is 22.0 Å². The van der Waals surface area contributed by atoms with Gasteiger partial charge in [0.15, 0.2) is 0 Å². The number of amides is 2. The molecule has 11 nitrogen and oxygen atoms in total. The number of hydrogen-bond donors (Lipinski definition) is 1. The summed E-state index contributed by atoms with van der Waals surface area (Å²) in [5.41, 5.74) is 1.44. The quantitative estimate of drug-likeness (QED) is 0.523. The van der Waals surface area contributed by atoms with Crippen LogP contribution >= 0.6 is 0 Å². The number of ether oxygens (including phenoxy) is 1. The van der Waals surface area contributed by atoms with Crippen molar-refractivity contribution >= 4 is 39.2 Å². The van der Waals surface area contributed by atoms with Gasteiger partial charge in [-0.2, -0.15) is 0 Å². The number of nitrogens with one attached hydrogen (secondary N) is 1. The number of sulfonamides is 1. The number of rotatable bonds is 4. The van der Waals surface area contributed by atoms with Crippen LogP contribution in [0.2, 0.25) is 0 Å². The highest BCUT2D eigenvalue weighted by Crippen LogP contribution is 2.33. The molecule has 5 rings (SSSR count). The van der Waals surface area contributed by atoms with Gasteiger partial charge in [-0.05, 0) is 50.6 Å². The maximum absolute atomic E-state index is 13.2. The molecular weight excluding hydrogens is 520 g/mol. The van der Waals surface area contributed by atoms with Crippen molar-refractivity contribution in [2.45, 2.75) is 37.8 Å². The van der Waals surface area contributed by atoms with E-state index in [0.29, 0.717) is 37.4 Å². The summed E-state index contributed by atoms with van der Waals surface area (Å²) in [7, 11) is -3.76. The standard InChI is InChI=1S/C27H30N6O5S/c1-27(2,3)38-26(35)32-15-13-31(14-16-32)22-11-12-28-17-21(22)30-25(34)20-8-6-10-24(29-20)33-18-19-7-4-5-9-23(19)39(33,36)37/h4-12,17H,13-16,18H2,1-3H3,(H,30,34). The second-order valence-electron chi connectivity index (χ2n) is 10.3. The van der Waals surface area contributed by atoms with Gasteiger partial charge < -0.3 is 19.9 Å². The van der Waals surface area contributed by atoms with E-state index in [1.54, 1.807) is 59.8 Å². The van der Waals surface area contributed by atoms with E-state index in [-0.39, 0.29) is 29.0 Å². The molecule has 204 valence electrons. The molecule has 3 aromatic rings. The smallest absolute Gasteiger partial charge is 0.410 e. The molecule has 0 aliphatic carbocycles. The van der Waals surface area contributed by atoms with Crippen LogP contribution in [0, 0.1) is 0 Å². The third kappa shape index (κ3) is 5.51. The van der Waals surface area contributed by atoms with Gasteiger partial charge in [-0.1, -0.05) is 24.3 Å². The van der Waals surface area contributed by atoms with Crippen LogP contribution in [-0.4, -0.2) is 67.1 Å². The third-order valence-corrected chi connectivity index (χ3v) is 8.25. The van der Waals surface area contributed by atoms with Gasteiger partial charge in [-0.3, -0.25) is 9.78 Å². The van der Waals surface area contributed by atoms with Crippen molar-refractivity contribution in [3.8, 4) is 0 Å². The van der Waals surface area contributed by atoms with Crippen LogP contribution in [0.3, 0.4) is 0 Å². The molecule has 0 unspecified atom stereocenters. The highest BCUT2D eigenvalue weighted by atomic mass is 32.2. The average molecular weight is 551 g/mol. The molecule has 0 spiro atoms. The number of fused-ring (bicyclic) bond motifs is 1. The van der Waals surface area contributed by atoms with E-state index in [4.69, 9.17) is 4.74 Å². The molecule has 1 N–H and O–H groups in total. The monoisotopic (exact) mass is 550 g/mol. The van der Waals surface area contributed by atoms with Crippen LogP contribution < -0.4 is 14.5 Å². The molecule has 0 bridgehead atoms.